The van der Waals surface area contributed by atoms with Gasteiger partial charge in [-0.3, -0.25) is 9.52 Å². The fourth-order valence-corrected chi connectivity index (χ4v) is 4.19. The summed E-state index contributed by atoms with van der Waals surface area (Å²) in [5, 5.41) is 0. The molecular formula is C24H48N2O3S. The van der Waals surface area contributed by atoms with Gasteiger partial charge in [-0.25, -0.2) is 8.42 Å². The fraction of sp³-hybridized carbons (Fsp3) is 0.833. The second-order valence-corrected chi connectivity index (χ2v) is 11.1. The lowest BCUT2D eigenvalue weighted by Crippen LogP contribution is -2.35. The molecule has 6 heteroatoms. The fourth-order valence-electron chi connectivity index (χ4n) is 3.23. The number of nitrogens with one attached hydrogen (secondary N) is 1. The first-order chi connectivity index (χ1) is 14.2. The molecule has 0 fully saturated rings. The van der Waals surface area contributed by atoms with E-state index in [0.29, 0.717) is 10.9 Å². The maximum Gasteiger partial charge on any atom is 0.233 e. The van der Waals surface area contributed by atoms with Crippen LogP contribution in [0.15, 0.2) is 12.2 Å². The summed E-state index contributed by atoms with van der Waals surface area (Å²) in [6, 6.07) is 0. The Hall–Kier alpha value is -0.880. The lowest BCUT2D eigenvalue weighted by Gasteiger charge is -2.34. The minimum absolute atomic E-state index is 0.0410. The van der Waals surface area contributed by atoms with Crippen LogP contribution >= 0.6 is 0 Å². The standard InChI is InChI=1S/C24H48N2O3S/c1-5-6-7-8-9-10-11-12-13-14-15-16-17-18-19-21-24(27)25-30(28,29)23-20-22-26(2,3)4/h12-13,22H,5-11,14-21,23H2,1-4H3,(H,25,27)/b13-12-. The van der Waals surface area contributed by atoms with Crippen molar-refractivity contribution in [2.75, 3.05) is 26.9 Å². The number of carbonyl (C=O) groups is 1. The van der Waals surface area contributed by atoms with E-state index in [1.54, 1.807) is 0 Å². The molecule has 0 aromatic heterocycles. The molecule has 0 aliphatic rings. The minimum atomic E-state index is -3.52. The van der Waals surface area contributed by atoms with E-state index in [-0.39, 0.29) is 18.1 Å². The monoisotopic (exact) mass is 444 g/mol. The zero-order valence-electron chi connectivity index (χ0n) is 20.1. The molecule has 0 radical (unpaired) electrons. The summed E-state index contributed by atoms with van der Waals surface area (Å²) < 4.78 is 26.6. The number of rotatable bonds is 20. The average molecular weight is 445 g/mol. The van der Waals surface area contributed by atoms with Crippen LogP contribution in [-0.2, 0) is 14.8 Å². The van der Waals surface area contributed by atoms with Gasteiger partial charge in [0, 0.05) is 33.3 Å². The largest absolute Gasteiger partial charge is 0.462 e. The van der Waals surface area contributed by atoms with Gasteiger partial charge in [-0.15, -0.1) is 13.0 Å². The van der Waals surface area contributed by atoms with Gasteiger partial charge in [-0.1, -0.05) is 70.4 Å². The minimum Gasteiger partial charge on any atom is -0.462 e. The highest BCUT2D eigenvalue weighted by Gasteiger charge is 2.13. The maximum atomic E-state index is 11.9. The molecular weight excluding hydrogens is 396 g/mol. The van der Waals surface area contributed by atoms with E-state index in [1.807, 2.05) is 27.7 Å². The van der Waals surface area contributed by atoms with Crippen molar-refractivity contribution in [1.82, 2.24) is 4.72 Å². The molecule has 0 saturated heterocycles. The van der Waals surface area contributed by atoms with Crippen LogP contribution in [-0.4, -0.2) is 45.7 Å². The van der Waals surface area contributed by atoms with Crippen LogP contribution in [0.5, 0.6) is 0 Å². The molecule has 0 aliphatic carbocycles. The molecule has 178 valence electrons. The third kappa shape index (κ3) is 21.8. The average Bonchev–Trinajstić information content (AvgIpc) is 2.63. The van der Waals surface area contributed by atoms with Gasteiger partial charge in [0.15, 0.2) is 0 Å². The molecule has 0 rings (SSSR count). The van der Waals surface area contributed by atoms with E-state index >= 15 is 0 Å². The Morgan fingerprint density at radius 2 is 1.33 bits per heavy atom. The van der Waals surface area contributed by atoms with Crippen LogP contribution in [0.3, 0.4) is 0 Å². The first-order valence-electron chi connectivity index (χ1n) is 12.0. The van der Waals surface area contributed by atoms with Gasteiger partial charge >= 0.3 is 0 Å². The van der Waals surface area contributed by atoms with Crippen LogP contribution in [0.4, 0.5) is 0 Å². The summed E-state index contributed by atoms with van der Waals surface area (Å²) in [5.41, 5.74) is 0. The van der Waals surface area contributed by atoms with Gasteiger partial charge in [-0.05, 0) is 32.1 Å². The van der Waals surface area contributed by atoms with E-state index < -0.39 is 10.0 Å². The van der Waals surface area contributed by atoms with E-state index in [0.717, 1.165) is 25.7 Å². The number of nitrogens with zero attached hydrogens (tertiary/aromatic N) is 1. The Morgan fingerprint density at radius 3 is 1.87 bits per heavy atom. The Bertz CT molecular complexity index is 551. The van der Waals surface area contributed by atoms with Crippen LogP contribution in [0.2, 0.25) is 0 Å². The maximum absolute atomic E-state index is 11.9. The quantitative estimate of drug-likeness (QED) is 0.113. The molecule has 0 unspecified atom stereocenters. The molecule has 0 bridgehead atoms. The third-order valence-corrected chi connectivity index (χ3v) is 6.31. The van der Waals surface area contributed by atoms with Crippen molar-refractivity contribution >= 4 is 15.9 Å². The van der Waals surface area contributed by atoms with Gasteiger partial charge in [0.2, 0.25) is 15.9 Å². The number of hydrogen-bond acceptors (Lipinski definition) is 3. The second-order valence-electron chi connectivity index (χ2n) is 9.27. The van der Waals surface area contributed by atoms with Gasteiger partial charge in [-0.2, -0.15) is 0 Å². The predicted molar refractivity (Wildman–Crippen MR) is 128 cm³/mol. The molecule has 1 amide bonds. The predicted octanol–water partition coefficient (Wildman–Crippen LogP) is 5.73. The van der Waals surface area contributed by atoms with Crippen molar-refractivity contribution in [3.05, 3.63) is 18.7 Å². The highest BCUT2D eigenvalue weighted by atomic mass is 32.2. The topological polar surface area (TPSA) is 63.2 Å². The Balaban J connectivity index is 3.55. The molecule has 0 aliphatic heterocycles. The molecule has 0 atom stereocenters. The van der Waals surface area contributed by atoms with Crippen LogP contribution < -0.4 is 4.72 Å². The normalized spacial score (nSPS) is 12.5. The SMILES string of the molecule is CCCCCCCC/C=C\CCCCCCCC(=O)NS(=O)(=O)CC[CH-][N+](C)(C)C. The number of sulfonamides is 1. The van der Waals surface area contributed by atoms with Crippen molar-refractivity contribution in [2.24, 2.45) is 0 Å². The van der Waals surface area contributed by atoms with Gasteiger partial charge in [0.1, 0.15) is 0 Å². The molecule has 0 aromatic rings. The zero-order valence-corrected chi connectivity index (χ0v) is 20.9. The van der Waals surface area contributed by atoms with Crippen molar-refractivity contribution in [3.8, 4) is 0 Å². The number of hydrogen-bond donors (Lipinski definition) is 1. The van der Waals surface area contributed by atoms with Gasteiger partial charge in [0.05, 0.1) is 0 Å². The molecule has 1 N–H and O–H groups in total. The second kappa shape index (κ2) is 17.8. The van der Waals surface area contributed by atoms with E-state index in [2.05, 4.69) is 23.8 Å². The number of amides is 1. The summed E-state index contributed by atoms with van der Waals surface area (Å²) in [4.78, 5) is 11.8. The Kier molecular flexibility index (Phi) is 17.2. The summed E-state index contributed by atoms with van der Waals surface area (Å²) in [6.45, 7) is 4.16. The molecule has 0 aromatic carbocycles. The van der Waals surface area contributed by atoms with Crippen molar-refractivity contribution in [2.45, 2.75) is 103 Å². The third-order valence-electron chi connectivity index (χ3n) is 5.00. The smallest absolute Gasteiger partial charge is 0.233 e. The van der Waals surface area contributed by atoms with E-state index in [4.69, 9.17) is 0 Å². The summed E-state index contributed by atoms with van der Waals surface area (Å²) in [7, 11) is 2.39. The summed E-state index contributed by atoms with van der Waals surface area (Å²) in [5.74, 6) is -0.418. The van der Waals surface area contributed by atoms with Crippen molar-refractivity contribution in [1.29, 1.82) is 0 Å². The number of quaternary nitrogens is 1. The molecule has 5 nitrogen and oxygen atoms in total. The van der Waals surface area contributed by atoms with Crippen LogP contribution in [0, 0.1) is 6.54 Å². The zero-order chi connectivity index (χ0) is 22.7. The van der Waals surface area contributed by atoms with Crippen LogP contribution in [0.1, 0.15) is 103 Å². The lowest BCUT2D eigenvalue weighted by molar-refractivity contribution is -0.840. The molecule has 30 heavy (non-hydrogen) atoms. The molecule has 0 heterocycles. The van der Waals surface area contributed by atoms with Gasteiger partial charge in [0.25, 0.3) is 0 Å². The number of unbranched alkanes of at least 4 members (excludes halogenated alkanes) is 11. The highest BCUT2D eigenvalue weighted by Crippen LogP contribution is 2.10. The van der Waals surface area contributed by atoms with E-state index in [9.17, 15) is 13.2 Å². The lowest BCUT2D eigenvalue weighted by atomic mass is 10.1. The number of carbonyl (C=O) groups excluding carboxylic acids is 1. The first kappa shape index (κ1) is 29.1. The van der Waals surface area contributed by atoms with Crippen molar-refractivity contribution in [3.63, 3.8) is 0 Å². The molecule has 0 saturated carbocycles. The Morgan fingerprint density at radius 1 is 0.833 bits per heavy atom. The number of allylic oxidation sites excluding steroid dienone is 2. The highest BCUT2D eigenvalue weighted by molar-refractivity contribution is 7.90. The summed E-state index contributed by atoms with van der Waals surface area (Å²) in [6.07, 6.45) is 21.0. The summed E-state index contributed by atoms with van der Waals surface area (Å²) >= 11 is 0. The van der Waals surface area contributed by atoms with E-state index in [1.165, 1.54) is 57.8 Å². The molecule has 0 spiro atoms. The van der Waals surface area contributed by atoms with Crippen molar-refractivity contribution < 1.29 is 17.7 Å². The van der Waals surface area contributed by atoms with Crippen LogP contribution in [0.25, 0.3) is 0 Å². The van der Waals surface area contributed by atoms with Gasteiger partial charge < -0.3 is 4.48 Å². The Labute approximate surface area is 187 Å². The first-order valence-corrected chi connectivity index (χ1v) is 13.7.